The van der Waals surface area contributed by atoms with Crippen LogP contribution in [0.4, 0.5) is 0 Å². The summed E-state index contributed by atoms with van der Waals surface area (Å²) in [6.45, 7) is 2.64. The summed E-state index contributed by atoms with van der Waals surface area (Å²) in [4.78, 5) is 14.5. The fourth-order valence-corrected chi connectivity index (χ4v) is 3.33. The Kier molecular flexibility index (Phi) is 6.04. The molecule has 0 saturated carbocycles. The average Bonchev–Trinajstić information content (AvgIpc) is 2.62. The van der Waals surface area contributed by atoms with E-state index in [1.165, 1.54) is 44.5 Å². The Morgan fingerprint density at radius 3 is 2.37 bits per heavy atom. The summed E-state index contributed by atoms with van der Waals surface area (Å²) < 4.78 is 5.57. The van der Waals surface area contributed by atoms with Crippen LogP contribution in [-0.4, -0.2) is 35.3 Å². The first kappa shape index (κ1) is 19.3. The van der Waals surface area contributed by atoms with Gasteiger partial charge in [0.15, 0.2) is 5.43 Å². The molecule has 0 spiro atoms. The lowest BCUT2D eigenvalue weighted by atomic mass is 10.1. The van der Waals surface area contributed by atoms with E-state index in [0.717, 1.165) is 6.07 Å². The van der Waals surface area contributed by atoms with Crippen molar-refractivity contribution in [2.45, 2.75) is 19.3 Å². The third-order valence-electron chi connectivity index (χ3n) is 4.51. The predicted molar refractivity (Wildman–Crippen MR) is 108 cm³/mol. The van der Waals surface area contributed by atoms with Gasteiger partial charge in [0.1, 0.15) is 28.2 Å². The first-order valence-corrected chi connectivity index (χ1v) is 9.27. The van der Waals surface area contributed by atoms with E-state index in [1.54, 1.807) is 24.3 Å². The summed E-state index contributed by atoms with van der Waals surface area (Å²) in [7, 11) is 2.19. The number of hydrogen-bond donors (Lipinski definition) is 2. The maximum absolute atomic E-state index is 12.1. The molecule has 1 aromatic heterocycles. The van der Waals surface area contributed by atoms with Crippen LogP contribution in [0.5, 0.6) is 11.5 Å². The largest absolute Gasteiger partial charge is 0.508 e. The van der Waals surface area contributed by atoms with Crippen molar-refractivity contribution in [2.75, 3.05) is 20.1 Å². The highest BCUT2D eigenvalue weighted by molar-refractivity contribution is 6.33. The summed E-state index contributed by atoms with van der Waals surface area (Å²) in [6.07, 6.45) is 4.28. The van der Waals surface area contributed by atoms with E-state index in [9.17, 15) is 15.0 Å². The van der Waals surface area contributed by atoms with Gasteiger partial charge in [-0.2, -0.15) is 0 Å². The number of nitrogens with zero attached hydrogens (tertiary/aromatic N) is 1. The van der Waals surface area contributed by atoms with Crippen LogP contribution in [0.15, 0.2) is 51.7 Å². The van der Waals surface area contributed by atoms with E-state index in [-0.39, 0.29) is 28.2 Å². The van der Waals surface area contributed by atoms with Crippen molar-refractivity contribution < 1.29 is 14.6 Å². The molecule has 0 bridgehead atoms. The fourth-order valence-electron chi connectivity index (χ4n) is 3.10. The van der Waals surface area contributed by atoms with Crippen LogP contribution in [0.3, 0.4) is 0 Å². The lowest BCUT2D eigenvalue weighted by Crippen LogP contribution is -2.24. The van der Waals surface area contributed by atoms with E-state index < -0.39 is 5.43 Å². The van der Waals surface area contributed by atoms with Gasteiger partial charge in [-0.15, -0.1) is 0 Å². The number of likely N-dealkylation sites (tertiary alicyclic amines) is 1. The number of fused-ring (bicyclic) bond motifs is 1. The van der Waals surface area contributed by atoms with Gasteiger partial charge >= 0.3 is 0 Å². The van der Waals surface area contributed by atoms with Crippen molar-refractivity contribution in [1.82, 2.24) is 4.90 Å². The summed E-state index contributed by atoms with van der Waals surface area (Å²) in [5.74, 6) is -0.230. The van der Waals surface area contributed by atoms with Gasteiger partial charge in [0, 0.05) is 23.8 Å². The smallest absolute Gasteiger partial charge is 0.197 e. The molecule has 0 aliphatic carbocycles. The van der Waals surface area contributed by atoms with Gasteiger partial charge in [0.2, 0.25) is 0 Å². The topological polar surface area (TPSA) is 73.9 Å². The molecule has 0 amide bonds. The van der Waals surface area contributed by atoms with Crippen LogP contribution < -0.4 is 5.43 Å². The van der Waals surface area contributed by atoms with E-state index in [0.29, 0.717) is 10.6 Å². The Morgan fingerprint density at radius 2 is 1.74 bits per heavy atom. The van der Waals surface area contributed by atoms with Gasteiger partial charge in [-0.05, 0) is 45.1 Å². The average molecular weight is 388 g/mol. The minimum Gasteiger partial charge on any atom is -0.508 e. The zero-order chi connectivity index (χ0) is 19.4. The standard InChI is InChI=1S/C15H9ClO4.C6H13N/c16-10-4-2-1-3-9(10)13-7-12(19)15-11(18)5-8(17)6-14(15)20-13;1-7-5-3-2-4-6-7/h1-7,17-18H;2-6H2,1H3. The lowest BCUT2D eigenvalue weighted by Gasteiger charge is -2.20. The summed E-state index contributed by atoms with van der Waals surface area (Å²) >= 11 is 6.06. The molecule has 0 unspecified atom stereocenters. The highest BCUT2D eigenvalue weighted by Crippen LogP contribution is 2.32. The Labute approximate surface area is 162 Å². The molecular weight excluding hydrogens is 366 g/mol. The molecule has 2 N–H and O–H groups in total. The summed E-state index contributed by atoms with van der Waals surface area (Å²) in [5.41, 5.74) is 0.264. The lowest BCUT2D eigenvalue weighted by molar-refractivity contribution is 0.277. The van der Waals surface area contributed by atoms with E-state index >= 15 is 0 Å². The molecule has 4 rings (SSSR count). The highest BCUT2D eigenvalue weighted by Gasteiger charge is 2.13. The molecule has 2 aromatic carbocycles. The maximum Gasteiger partial charge on any atom is 0.197 e. The molecule has 6 heteroatoms. The number of halogens is 1. The van der Waals surface area contributed by atoms with Gasteiger partial charge in [-0.3, -0.25) is 4.79 Å². The Morgan fingerprint density at radius 1 is 1.04 bits per heavy atom. The molecule has 2 heterocycles. The fraction of sp³-hybridized carbons (Fsp3) is 0.286. The monoisotopic (exact) mass is 387 g/mol. The number of benzene rings is 2. The van der Waals surface area contributed by atoms with Crippen molar-refractivity contribution in [3.8, 4) is 22.8 Å². The predicted octanol–water partition coefficient (Wildman–Crippen LogP) is 4.63. The van der Waals surface area contributed by atoms with Crippen LogP contribution in [0.1, 0.15) is 19.3 Å². The van der Waals surface area contributed by atoms with Gasteiger partial charge in [0.25, 0.3) is 0 Å². The quantitative estimate of drug-likeness (QED) is 0.637. The van der Waals surface area contributed by atoms with Crippen molar-refractivity contribution in [3.63, 3.8) is 0 Å². The Hall–Kier alpha value is -2.50. The zero-order valence-corrected chi connectivity index (χ0v) is 15.9. The van der Waals surface area contributed by atoms with Gasteiger partial charge in [-0.1, -0.05) is 30.2 Å². The van der Waals surface area contributed by atoms with Crippen molar-refractivity contribution in [1.29, 1.82) is 0 Å². The maximum atomic E-state index is 12.1. The van der Waals surface area contributed by atoms with Crippen LogP contribution in [-0.2, 0) is 0 Å². The van der Waals surface area contributed by atoms with E-state index in [4.69, 9.17) is 16.0 Å². The second kappa shape index (κ2) is 8.46. The molecule has 142 valence electrons. The normalized spacial score (nSPS) is 14.6. The first-order chi connectivity index (χ1) is 13.0. The van der Waals surface area contributed by atoms with Gasteiger partial charge < -0.3 is 19.5 Å². The molecule has 0 radical (unpaired) electrons. The molecule has 1 aliphatic rings. The molecule has 5 nitrogen and oxygen atoms in total. The van der Waals surface area contributed by atoms with Crippen molar-refractivity contribution in [3.05, 3.63) is 57.7 Å². The molecule has 1 saturated heterocycles. The molecule has 1 fully saturated rings. The Balaban J connectivity index is 0.000000253. The summed E-state index contributed by atoms with van der Waals surface area (Å²) in [6, 6.07) is 10.6. The van der Waals surface area contributed by atoms with Gasteiger partial charge in [-0.25, -0.2) is 0 Å². The van der Waals surface area contributed by atoms with Crippen LogP contribution >= 0.6 is 11.6 Å². The number of phenolic OH excluding ortho intramolecular Hbond substituents is 2. The number of aromatic hydroxyl groups is 2. The first-order valence-electron chi connectivity index (χ1n) is 8.89. The molecular formula is C21H22ClNO4. The van der Waals surface area contributed by atoms with Crippen molar-refractivity contribution >= 4 is 22.6 Å². The molecule has 27 heavy (non-hydrogen) atoms. The SMILES string of the molecule is CN1CCCCC1.O=c1cc(-c2ccccc2Cl)oc2cc(O)cc(O)c12. The second-order valence-corrected chi connectivity index (χ2v) is 7.06. The van der Waals surface area contributed by atoms with Crippen molar-refractivity contribution in [2.24, 2.45) is 0 Å². The second-order valence-electron chi connectivity index (χ2n) is 6.66. The van der Waals surface area contributed by atoms with E-state index in [1.807, 2.05) is 0 Å². The number of hydrogen-bond acceptors (Lipinski definition) is 5. The number of piperidine rings is 1. The molecule has 0 atom stereocenters. The third kappa shape index (κ3) is 4.62. The van der Waals surface area contributed by atoms with E-state index in [2.05, 4.69) is 11.9 Å². The number of phenols is 2. The third-order valence-corrected chi connectivity index (χ3v) is 4.84. The Bertz CT molecular complexity index is 993. The summed E-state index contributed by atoms with van der Waals surface area (Å²) in [5, 5.41) is 19.6. The van der Waals surface area contributed by atoms with Crippen LogP contribution in [0.25, 0.3) is 22.3 Å². The molecule has 1 aliphatic heterocycles. The van der Waals surface area contributed by atoms with Gasteiger partial charge in [0.05, 0.1) is 5.02 Å². The van der Waals surface area contributed by atoms with Crippen LogP contribution in [0, 0.1) is 0 Å². The number of rotatable bonds is 1. The van der Waals surface area contributed by atoms with Crippen LogP contribution in [0.2, 0.25) is 5.02 Å². The highest BCUT2D eigenvalue weighted by atomic mass is 35.5. The minimum atomic E-state index is -0.404. The minimum absolute atomic E-state index is 0.0265. The molecule has 3 aromatic rings. The zero-order valence-electron chi connectivity index (χ0n) is 15.1.